The van der Waals surface area contributed by atoms with Gasteiger partial charge in [-0.05, 0) is 36.4 Å². The number of benzene rings is 2. The fourth-order valence-electron chi connectivity index (χ4n) is 2.31. The number of ether oxygens (including phenoxy) is 1. The van der Waals surface area contributed by atoms with Crippen molar-refractivity contribution in [1.29, 1.82) is 0 Å². The molecule has 0 unspecified atom stereocenters. The smallest absolute Gasteiger partial charge is 0.262 e. The van der Waals surface area contributed by atoms with Gasteiger partial charge in [-0.15, -0.1) is 0 Å². The highest BCUT2D eigenvalue weighted by Crippen LogP contribution is 2.30. The molecular formula is C16H15N3O5S. The average molecular weight is 361 g/mol. The first-order chi connectivity index (χ1) is 11.8. The van der Waals surface area contributed by atoms with E-state index in [2.05, 4.69) is 15.4 Å². The fourth-order valence-corrected chi connectivity index (χ4v) is 3.38. The molecule has 0 spiro atoms. The summed E-state index contributed by atoms with van der Waals surface area (Å²) in [7, 11) is -3.88. The number of carbonyl (C=O) groups is 2. The molecule has 1 aliphatic rings. The topological polar surface area (TPSA) is 114 Å². The molecule has 0 saturated heterocycles. The van der Waals surface area contributed by atoms with E-state index in [1.807, 2.05) is 0 Å². The Labute approximate surface area is 144 Å². The number of sulfonamides is 1. The van der Waals surface area contributed by atoms with Gasteiger partial charge in [0.25, 0.3) is 15.9 Å². The normalized spacial score (nSPS) is 13.2. The molecule has 1 heterocycles. The van der Waals surface area contributed by atoms with Gasteiger partial charge in [0.1, 0.15) is 5.75 Å². The second-order valence-electron chi connectivity index (χ2n) is 5.36. The minimum atomic E-state index is -3.88. The predicted molar refractivity (Wildman–Crippen MR) is 92.1 cm³/mol. The van der Waals surface area contributed by atoms with Crippen LogP contribution in [0.3, 0.4) is 0 Å². The van der Waals surface area contributed by atoms with E-state index < -0.39 is 10.0 Å². The maximum absolute atomic E-state index is 12.6. The molecule has 0 saturated carbocycles. The summed E-state index contributed by atoms with van der Waals surface area (Å²) in [4.78, 5) is 22.4. The van der Waals surface area contributed by atoms with Crippen LogP contribution in [0.2, 0.25) is 0 Å². The van der Waals surface area contributed by atoms with E-state index in [4.69, 9.17) is 4.74 Å². The summed E-state index contributed by atoms with van der Waals surface area (Å²) in [6.07, 6.45) is 0. The van der Waals surface area contributed by atoms with Gasteiger partial charge < -0.3 is 15.4 Å². The number of nitrogens with one attached hydrogen (secondary N) is 3. The average Bonchev–Trinajstić information content (AvgIpc) is 2.53. The molecule has 2 aromatic rings. The van der Waals surface area contributed by atoms with Crippen LogP contribution in [0, 0.1) is 0 Å². The quantitative estimate of drug-likeness (QED) is 0.768. The molecule has 9 heteroatoms. The molecule has 3 N–H and O–H groups in total. The van der Waals surface area contributed by atoms with Crippen molar-refractivity contribution in [1.82, 2.24) is 0 Å². The van der Waals surface area contributed by atoms with Crippen LogP contribution in [-0.2, 0) is 19.6 Å². The van der Waals surface area contributed by atoms with Crippen LogP contribution in [0.4, 0.5) is 17.1 Å². The second kappa shape index (κ2) is 6.44. The van der Waals surface area contributed by atoms with E-state index in [9.17, 15) is 18.0 Å². The Morgan fingerprint density at radius 1 is 1.16 bits per heavy atom. The standard InChI is InChI=1S/C16H15N3O5S/c1-10(20)17-11-3-2-4-12(7-11)19-25(22,23)13-5-6-15-14(8-13)18-16(21)9-24-15/h2-8,19H,9H2,1H3,(H,17,20)(H,18,21). The Kier molecular flexibility index (Phi) is 4.32. The molecule has 3 rings (SSSR count). The first-order valence-corrected chi connectivity index (χ1v) is 8.79. The van der Waals surface area contributed by atoms with E-state index in [1.54, 1.807) is 18.2 Å². The summed E-state index contributed by atoms with van der Waals surface area (Å²) in [5.74, 6) is -0.199. The Balaban J connectivity index is 1.86. The summed E-state index contributed by atoms with van der Waals surface area (Å²) in [6, 6.07) is 10.5. The zero-order valence-electron chi connectivity index (χ0n) is 13.2. The molecular weight excluding hydrogens is 346 g/mol. The predicted octanol–water partition coefficient (Wildman–Crippen LogP) is 1.78. The van der Waals surface area contributed by atoms with Crippen molar-refractivity contribution in [2.75, 3.05) is 22.0 Å². The van der Waals surface area contributed by atoms with E-state index in [0.29, 0.717) is 22.8 Å². The molecule has 0 aromatic heterocycles. The molecule has 0 fully saturated rings. The number of amides is 2. The minimum absolute atomic E-state index is 0.0259. The number of hydrogen-bond acceptors (Lipinski definition) is 5. The maximum atomic E-state index is 12.6. The van der Waals surface area contributed by atoms with Crippen LogP contribution in [0.25, 0.3) is 0 Å². The Morgan fingerprint density at radius 3 is 2.68 bits per heavy atom. The van der Waals surface area contributed by atoms with Crippen molar-refractivity contribution in [2.45, 2.75) is 11.8 Å². The van der Waals surface area contributed by atoms with Gasteiger partial charge in [-0.2, -0.15) is 0 Å². The zero-order valence-corrected chi connectivity index (χ0v) is 14.0. The zero-order chi connectivity index (χ0) is 18.0. The number of carbonyl (C=O) groups excluding carboxylic acids is 2. The van der Waals surface area contributed by atoms with Crippen molar-refractivity contribution in [3.63, 3.8) is 0 Å². The van der Waals surface area contributed by atoms with E-state index in [-0.39, 0.29) is 23.3 Å². The van der Waals surface area contributed by atoms with Gasteiger partial charge >= 0.3 is 0 Å². The SMILES string of the molecule is CC(=O)Nc1cccc(NS(=O)(=O)c2ccc3c(c2)NC(=O)CO3)c1. The van der Waals surface area contributed by atoms with E-state index in [1.165, 1.54) is 31.2 Å². The highest BCUT2D eigenvalue weighted by molar-refractivity contribution is 7.92. The lowest BCUT2D eigenvalue weighted by Gasteiger charge is -2.18. The van der Waals surface area contributed by atoms with Crippen molar-refractivity contribution >= 4 is 38.9 Å². The highest BCUT2D eigenvalue weighted by atomic mass is 32.2. The van der Waals surface area contributed by atoms with Crippen LogP contribution in [-0.4, -0.2) is 26.8 Å². The summed E-state index contributed by atoms with van der Waals surface area (Å²) in [5.41, 5.74) is 1.06. The molecule has 0 bridgehead atoms. The fraction of sp³-hybridized carbons (Fsp3) is 0.125. The maximum Gasteiger partial charge on any atom is 0.262 e. The Bertz CT molecular complexity index is 956. The third kappa shape index (κ3) is 3.89. The van der Waals surface area contributed by atoms with Gasteiger partial charge in [-0.25, -0.2) is 8.42 Å². The summed E-state index contributed by atoms with van der Waals surface area (Å²) in [5, 5.41) is 5.14. The van der Waals surface area contributed by atoms with Gasteiger partial charge in [0.15, 0.2) is 6.61 Å². The lowest BCUT2D eigenvalue weighted by Crippen LogP contribution is -2.25. The summed E-state index contributed by atoms with van der Waals surface area (Å²) >= 11 is 0. The van der Waals surface area contributed by atoms with Gasteiger partial charge in [0, 0.05) is 12.6 Å². The van der Waals surface area contributed by atoms with Crippen LogP contribution in [0.5, 0.6) is 5.75 Å². The largest absolute Gasteiger partial charge is 0.482 e. The Hall–Kier alpha value is -3.07. The third-order valence-corrected chi connectivity index (χ3v) is 4.71. The first kappa shape index (κ1) is 16.8. The third-order valence-electron chi connectivity index (χ3n) is 3.33. The molecule has 2 aromatic carbocycles. The monoisotopic (exact) mass is 361 g/mol. The number of rotatable bonds is 4. The van der Waals surface area contributed by atoms with Crippen molar-refractivity contribution in [2.24, 2.45) is 0 Å². The molecule has 130 valence electrons. The minimum Gasteiger partial charge on any atom is -0.482 e. The van der Waals surface area contributed by atoms with Crippen LogP contribution in [0.1, 0.15) is 6.92 Å². The van der Waals surface area contributed by atoms with Crippen LogP contribution in [0.15, 0.2) is 47.4 Å². The molecule has 0 aliphatic carbocycles. The highest BCUT2D eigenvalue weighted by Gasteiger charge is 2.21. The van der Waals surface area contributed by atoms with Crippen molar-refractivity contribution in [3.05, 3.63) is 42.5 Å². The number of hydrogen-bond donors (Lipinski definition) is 3. The van der Waals surface area contributed by atoms with Crippen molar-refractivity contribution < 1.29 is 22.7 Å². The van der Waals surface area contributed by atoms with E-state index >= 15 is 0 Å². The molecule has 1 aliphatic heterocycles. The molecule has 8 nitrogen and oxygen atoms in total. The summed E-state index contributed by atoms with van der Waals surface area (Å²) < 4.78 is 32.7. The van der Waals surface area contributed by atoms with Gasteiger partial charge in [0.05, 0.1) is 16.3 Å². The second-order valence-corrected chi connectivity index (χ2v) is 7.04. The molecule has 25 heavy (non-hydrogen) atoms. The van der Waals surface area contributed by atoms with Gasteiger partial charge in [-0.3, -0.25) is 14.3 Å². The number of anilines is 3. The van der Waals surface area contributed by atoms with Gasteiger partial charge in [0.2, 0.25) is 5.91 Å². The molecule has 0 radical (unpaired) electrons. The molecule has 0 atom stereocenters. The number of fused-ring (bicyclic) bond motifs is 1. The van der Waals surface area contributed by atoms with Crippen molar-refractivity contribution in [3.8, 4) is 5.75 Å². The van der Waals surface area contributed by atoms with Crippen LogP contribution < -0.4 is 20.1 Å². The van der Waals surface area contributed by atoms with Crippen LogP contribution >= 0.6 is 0 Å². The van der Waals surface area contributed by atoms with E-state index in [0.717, 1.165) is 0 Å². The lowest BCUT2D eigenvalue weighted by molar-refractivity contribution is -0.118. The first-order valence-electron chi connectivity index (χ1n) is 7.31. The van der Waals surface area contributed by atoms with Gasteiger partial charge in [-0.1, -0.05) is 6.07 Å². The lowest BCUT2D eigenvalue weighted by atomic mass is 10.2. The Morgan fingerprint density at radius 2 is 1.92 bits per heavy atom. The summed E-state index contributed by atoms with van der Waals surface area (Å²) in [6.45, 7) is 1.26. The molecule has 2 amide bonds.